The third-order valence-electron chi connectivity index (χ3n) is 5.34. The Morgan fingerprint density at radius 3 is 2.15 bits per heavy atom. The highest BCUT2D eigenvalue weighted by Crippen LogP contribution is 2.43. The molecule has 0 spiro atoms. The summed E-state index contributed by atoms with van der Waals surface area (Å²) in [6.45, 7) is 0.307. The molecule has 27 heavy (non-hydrogen) atoms. The number of imide groups is 1. The van der Waals surface area contributed by atoms with Gasteiger partial charge < -0.3 is 19.5 Å². The Morgan fingerprint density at radius 1 is 1.04 bits per heavy atom. The van der Waals surface area contributed by atoms with Gasteiger partial charge in [-0.3, -0.25) is 9.69 Å². The first-order valence-corrected chi connectivity index (χ1v) is 8.61. The number of urea groups is 1. The van der Waals surface area contributed by atoms with Crippen LogP contribution in [-0.2, 0) is 5.60 Å². The maximum atomic E-state index is 12.7. The zero-order valence-electron chi connectivity index (χ0n) is 15.1. The molecule has 2 heterocycles. The summed E-state index contributed by atoms with van der Waals surface area (Å²) in [5.41, 5.74) is -0.0626. The number of aliphatic hydroxyl groups is 1. The van der Waals surface area contributed by atoms with Crippen LogP contribution in [0.1, 0.15) is 15.9 Å². The Bertz CT molecular complexity index is 880. The van der Waals surface area contributed by atoms with Crippen molar-refractivity contribution in [2.75, 3.05) is 27.3 Å². The van der Waals surface area contributed by atoms with Crippen LogP contribution < -0.4 is 9.47 Å². The van der Waals surface area contributed by atoms with E-state index in [1.165, 1.54) is 9.80 Å². The van der Waals surface area contributed by atoms with Crippen molar-refractivity contribution in [3.63, 3.8) is 0 Å². The fraction of sp³-hybridized carbons (Fsp3) is 0.300. The molecule has 2 atom stereocenters. The number of hydrogen-bond acceptors (Lipinski definition) is 5. The second kappa shape index (κ2) is 6.28. The van der Waals surface area contributed by atoms with Gasteiger partial charge in [0, 0.05) is 5.56 Å². The molecule has 0 unspecified atom stereocenters. The van der Waals surface area contributed by atoms with Crippen molar-refractivity contribution < 1.29 is 24.2 Å². The SMILES string of the molecule is COc1ccc(C(=O)N2C[C@@H]3N(C[C@]3(O)c3ccc(OC)cc3)C2=O)cc1. The van der Waals surface area contributed by atoms with Gasteiger partial charge in [0.2, 0.25) is 0 Å². The van der Waals surface area contributed by atoms with Crippen molar-refractivity contribution in [3.05, 3.63) is 59.7 Å². The van der Waals surface area contributed by atoms with Crippen LogP contribution in [0.3, 0.4) is 0 Å². The van der Waals surface area contributed by atoms with Gasteiger partial charge in [0.1, 0.15) is 17.1 Å². The zero-order valence-corrected chi connectivity index (χ0v) is 15.1. The minimum absolute atomic E-state index is 0.145. The molecule has 0 saturated carbocycles. The van der Waals surface area contributed by atoms with E-state index in [9.17, 15) is 14.7 Å². The highest BCUT2D eigenvalue weighted by atomic mass is 16.5. The van der Waals surface area contributed by atoms with Gasteiger partial charge in [0.15, 0.2) is 0 Å². The van der Waals surface area contributed by atoms with Gasteiger partial charge in [-0.05, 0) is 42.0 Å². The normalized spacial score (nSPS) is 23.7. The number of methoxy groups -OCH3 is 2. The number of nitrogens with zero attached hydrogens (tertiary/aromatic N) is 2. The Labute approximate surface area is 156 Å². The number of ether oxygens (including phenoxy) is 2. The Kier molecular flexibility index (Phi) is 4.04. The number of benzene rings is 2. The molecule has 0 aliphatic carbocycles. The molecule has 2 aromatic rings. The first kappa shape index (κ1) is 17.4. The van der Waals surface area contributed by atoms with Gasteiger partial charge in [-0.15, -0.1) is 0 Å². The largest absolute Gasteiger partial charge is 0.497 e. The van der Waals surface area contributed by atoms with Crippen LogP contribution in [-0.4, -0.2) is 60.2 Å². The summed E-state index contributed by atoms with van der Waals surface area (Å²) in [6, 6.07) is 12.9. The van der Waals surface area contributed by atoms with Gasteiger partial charge in [-0.1, -0.05) is 12.1 Å². The summed E-state index contributed by atoms with van der Waals surface area (Å²) in [6.07, 6.45) is 0. The van der Waals surface area contributed by atoms with E-state index in [1.807, 2.05) is 0 Å². The zero-order chi connectivity index (χ0) is 19.2. The predicted octanol–water partition coefficient (Wildman–Crippen LogP) is 1.85. The van der Waals surface area contributed by atoms with Crippen molar-refractivity contribution in [2.45, 2.75) is 11.6 Å². The molecule has 2 aliphatic heterocycles. The quantitative estimate of drug-likeness (QED) is 0.891. The van der Waals surface area contributed by atoms with Crippen LogP contribution in [0.15, 0.2) is 48.5 Å². The maximum Gasteiger partial charge on any atom is 0.327 e. The van der Waals surface area contributed by atoms with Crippen molar-refractivity contribution in [3.8, 4) is 11.5 Å². The van der Waals surface area contributed by atoms with E-state index in [1.54, 1.807) is 62.8 Å². The number of hydrogen-bond donors (Lipinski definition) is 1. The van der Waals surface area contributed by atoms with E-state index in [0.717, 1.165) is 0 Å². The molecule has 2 saturated heterocycles. The summed E-state index contributed by atoms with van der Waals surface area (Å²) in [5, 5.41) is 11.1. The van der Waals surface area contributed by atoms with Crippen LogP contribution >= 0.6 is 0 Å². The van der Waals surface area contributed by atoms with Crippen LogP contribution in [0.4, 0.5) is 4.79 Å². The van der Waals surface area contributed by atoms with E-state index in [2.05, 4.69) is 0 Å². The molecule has 2 aromatic carbocycles. The van der Waals surface area contributed by atoms with E-state index in [4.69, 9.17) is 9.47 Å². The monoisotopic (exact) mass is 368 g/mol. The summed E-state index contributed by atoms with van der Waals surface area (Å²) < 4.78 is 10.2. The average Bonchev–Trinajstić information content (AvgIpc) is 2.99. The summed E-state index contributed by atoms with van der Waals surface area (Å²) in [5.74, 6) is 0.948. The minimum Gasteiger partial charge on any atom is -0.497 e. The topological polar surface area (TPSA) is 79.3 Å². The highest BCUT2D eigenvalue weighted by Gasteiger charge is 2.61. The molecule has 3 amide bonds. The molecule has 0 aromatic heterocycles. The van der Waals surface area contributed by atoms with Crippen LogP contribution in [0, 0.1) is 0 Å². The van der Waals surface area contributed by atoms with Crippen LogP contribution in [0.5, 0.6) is 11.5 Å². The lowest BCUT2D eigenvalue weighted by Crippen LogP contribution is -2.66. The van der Waals surface area contributed by atoms with Crippen molar-refractivity contribution in [1.29, 1.82) is 0 Å². The van der Waals surface area contributed by atoms with E-state index in [0.29, 0.717) is 22.6 Å². The maximum absolute atomic E-state index is 12.7. The highest BCUT2D eigenvalue weighted by molar-refractivity contribution is 6.05. The number of fused-ring (bicyclic) bond motifs is 1. The van der Waals surface area contributed by atoms with E-state index < -0.39 is 11.6 Å². The number of rotatable bonds is 4. The van der Waals surface area contributed by atoms with Gasteiger partial charge >= 0.3 is 6.03 Å². The lowest BCUT2D eigenvalue weighted by Gasteiger charge is -2.49. The molecule has 1 N–H and O–H groups in total. The lowest BCUT2D eigenvalue weighted by atomic mass is 9.78. The Morgan fingerprint density at radius 2 is 1.59 bits per heavy atom. The summed E-state index contributed by atoms with van der Waals surface area (Å²) in [4.78, 5) is 28.1. The number of carbonyl (C=O) groups excluding carboxylic acids is 2. The van der Waals surface area contributed by atoms with Crippen molar-refractivity contribution in [1.82, 2.24) is 9.80 Å². The van der Waals surface area contributed by atoms with Gasteiger partial charge in [-0.25, -0.2) is 4.79 Å². The van der Waals surface area contributed by atoms with Gasteiger partial charge in [-0.2, -0.15) is 0 Å². The first-order chi connectivity index (χ1) is 13.0. The molecule has 4 rings (SSSR count). The van der Waals surface area contributed by atoms with Crippen molar-refractivity contribution >= 4 is 11.9 Å². The molecule has 2 aliphatic rings. The molecule has 140 valence electrons. The van der Waals surface area contributed by atoms with Gasteiger partial charge in [0.25, 0.3) is 5.91 Å². The second-order valence-corrected chi connectivity index (χ2v) is 6.72. The van der Waals surface area contributed by atoms with Crippen LogP contribution in [0.25, 0.3) is 0 Å². The predicted molar refractivity (Wildman–Crippen MR) is 96.8 cm³/mol. The third-order valence-corrected chi connectivity index (χ3v) is 5.34. The first-order valence-electron chi connectivity index (χ1n) is 8.61. The lowest BCUT2D eigenvalue weighted by molar-refractivity contribution is -0.119. The molecule has 7 heteroatoms. The molecule has 7 nitrogen and oxygen atoms in total. The standard InChI is InChI=1S/C20H20N2O5/c1-26-15-7-3-13(4-8-15)18(23)21-11-17-20(25,12-22(17)19(21)24)14-5-9-16(27-2)10-6-14/h3-10,17,25H,11-12H2,1-2H3/t17-,20-/m0/s1. The molecular formula is C20H20N2O5. The Balaban J connectivity index is 1.54. The number of carbonyl (C=O) groups is 2. The molecule has 2 fully saturated rings. The third kappa shape index (κ3) is 2.62. The Hall–Kier alpha value is -3.06. The summed E-state index contributed by atoms with van der Waals surface area (Å²) in [7, 11) is 3.12. The van der Waals surface area contributed by atoms with Crippen molar-refractivity contribution in [2.24, 2.45) is 0 Å². The van der Waals surface area contributed by atoms with E-state index in [-0.39, 0.29) is 25.0 Å². The summed E-state index contributed by atoms with van der Waals surface area (Å²) >= 11 is 0. The van der Waals surface area contributed by atoms with Crippen LogP contribution in [0.2, 0.25) is 0 Å². The minimum atomic E-state index is -1.17. The molecular weight excluding hydrogens is 348 g/mol. The number of amides is 3. The molecule has 0 bridgehead atoms. The fourth-order valence-corrected chi connectivity index (χ4v) is 3.70. The fourth-order valence-electron chi connectivity index (χ4n) is 3.70. The molecule has 0 radical (unpaired) electrons. The average molecular weight is 368 g/mol. The second-order valence-electron chi connectivity index (χ2n) is 6.72. The van der Waals surface area contributed by atoms with E-state index >= 15 is 0 Å². The smallest absolute Gasteiger partial charge is 0.327 e. The van der Waals surface area contributed by atoms with Gasteiger partial charge in [0.05, 0.1) is 33.4 Å².